The van der Waals surface area contributed by atoms with Crippen molar-refractivity contribution in [2.45, 2.75) is 64.3 Å². The van der Waals surface area contributed by atoms with Gasteiger partial charge in [0, 0.05) is 11.4 Å². The molecule has 37 heavy (non-hydrogen) atoms. The molecule has 3 fully saturated rings. The highest BCUT2D eigenvalue weighted by Crippen LogP contribution is 2.65. The number of aryl methyl sites for hydroxylation is 2. The number of anilines is 2. The van der Waals surface area contributed by atoms with Crippen LogP contribution in [0.25, 0.3) is 0 Å². The Morgan fingerprint density at radius 1 is 1.14 bits per heavy atom. The van der Waals surface area contributed by atoms with Crippen LogP contribution in [0.3, 0.4) is 0 Å². The Bertz CT molecular complexity index is 1250. The molecule has 0 radical (unpaired) electrons. The van der Waals surface area contributed by atoms with Crippen LogP contribution in [-0.4, -0.2) is 57.6 Å². The minimum absolute atomic E-state index is 0.0662. The van der Waals surface area contributed by atoms with Gasteiger partial charge in [0.05, 0.1) is 30.1 Å². The lowest BCUT2D eigenvalue weighted by molar-refractivity contribution is -0.147. The molecule has 0 aliphatic carbocycles. The normalized spacial score (nSPS) is 32.8. The van der Waals surface area contributed by atoms with Gasteiger partial charge in [-0.2, -0.15) is 0 Å². The number of hydrogen-bond acceptors (Lipinski definition) is 5. The third kappa shape index (κ3) is 3.77. The van der Waals surface area contributed by atoms with E-state index in [9.17, 15) is 19.5 Å². The number of nitrogens with zero attached hydrogens (tertiary/aromatic N) is 1. The maximum absolute atomic E-state index is 14.1. The average molecular weight is 506 g/mol. The van der Waals surface area contributed by atoms with Gasteiger partial charge in [-0.3, -0.25) is 14.4 Å². The van der Waals surface area contributed by atoms with E-state index in [4.69, 9.17) is 4.74 Å². The zero-order chi connectivity index (χ0) is 26.7. The average Bonchev–Trinajstić information content (AvgIpc) is 3.38. The minimum atomic E-state index is -1.17. The number of benzene rings is 2. The molecular weight excluding hydrogens is 470 g/mol. The van der Waals surface area contributed by atoms with Crippen LogP contribution in [0.15, 0.2) is 48.5 Å². The maximum atomic E-state index is 14.1. The molecule has 5 rings (SSSR count). The highest BCUT2D eigenvalue weighted by atomic mass is 16.5. The molecule has 8 heteroatoms. The first kappa shape index (κ1) is 25.4. The zero-order valence-electron chi connectivity index (χ0n) is 21.9. The lowest BCUT2D eigenvalue weighted by Crippen LogP contribution is -2.56. The Hall–Kier alpha value is -3.23. The van der Waals surface area contributed by atoms with Crippen LogP contribution >= 0.6 is 0 Å². The van der Waals surface area contributed by atoms with Gasteiger partial charge in [-0.05, 0) is 69.4 Å². The van der Waals surface area contributed by atoms with Gasteiger partial charge in [-0.25, -0.2) is 0 Å². The molecule has 3 unspecified atom stereocenters. The fraction of sp³-hybridized carbons (Fsp3) is 0.483. The molecule has 1 spiro atoms. The lowest BCUT2D eigenvalue weighted by Gasteiger charge is -2.36. The molecule has 2 aromatic rings. The first-order chi connectivity index (χ1) is 17.5. The smallest absolute Gasteiger partial charge is 0.250 e. The molecule has 3 aliphatic rings. The minimum Gasteiger partial charge on any atom is -0.394 e. The second-order valence-electron chi connectivity index (χ2n) is 11.1. The van der Waals surface area contributed by atoms with Gasteiger partial charge in [0.25, 0.3) is 0 Å². The molecule has 7 atom stereocenters. The summed E-state index contributed by atoms with van der Waals surface area (Å²) in [6.45, 7) is 9.15. The number of carbonyl (C=O) groups is 3. The van der Waals surface area contributed by atoms with Crippen molar-refractivity contribution in [2.24, 2.45) is 17.8 Å². The van der Waals surface area contributed by atoms with Crippen LogP contribution in [-0.2, 0) is 19.1 Å². The molecule has 8 nitrogen and oxygen atoms in total. The van der Waals surface area contributed by atoms with Crippen LogP contribution in [0.5, 0.6) is 0 Å². The van der Waals surface area contributed by atoms with Crippen molar-refractivity contribution in [2.75, 3.05) is 17.2 Å². The van der Waals surface area contributed by atoms with Crippen molar-refractivity contribution >= 4 is 29.1 Å². The van der Waals surface area contributed by atoms with Crippen molar-refractivity contribution in [3.05, 3.63) is 59.7 Å². The second kappa shape index (κ2) is 8.96. The van der Waals surface area contributed by atoms with Gasteiger partial charge in [-0.1, -0.05) is 37.3 Å². The first-order valence-corrected chi connectivity index (χ1v) is 12.9. The van der Waals surface area contributed by atoms with Crippen molar-refractivity contribution in [3.8, 4) is 0 Å². The second-order valence-corrected chi connectivity index (χ2v) is 11.1. The van der Waals surface area contributed by atoms with Crippen molar-refractivity contribution < 1.29 is 24.2 Å². The number of aliphatic hydroxyl groups excluding tert-OH is 1. The number of fused-ring (bicyclic) bond motifs is 1. The van der Waals surface area contributed by atoms with E-state index in [0.717, 1.165) is 11.1 Å². The third-order valence-electron chi connectivity index (χ3n) is 8.71. The molecule has 3 saturated heterocycles. The number of nitrogens with one attached hydrogen (secondary N) is 2. The number of likely N-dealkylation sites (tertiary alicyclic amines) is 1. The summed E-state index contributed by atoms with van der Waals surface area (Å²) in [5.74, 6) is -2.68. The van der Waals surface area contributed by atoms with E-state index >= 15 is 0 Å². The predicted octanol–water partition coefficient (Wildman–Crippen LogP) is 3.27. The Morgan fingerprint density at radius 2 is 1.84 bits per heavy atom. The number of rotatable bonds is 6. The van der Waals surface area contributed by atoms with E-state index in [1.807, 2.05) is 64.1 Å². The zero-order valence-corrected chi connectivity index (χ0v) is 21.9. The fourth-order valence-corrected chi connectivity index (χ4v) is 6.75. The molecule has 2 aromatic carbocycles. The number of aliphatic hydroxyl groups is 1. The third-order valence-corrected chi connectivity index (χ3v) is 8.71. The molecule has 0 aromatic heterocycles. The summed E-state index contributed by atoms with van der Waals surface area (Å²) in [7, 11) is 0. The van der Waals surface area contributed by atoms with Gasteiger partial charge in [0.15, 0.2) is 0 Å². The first-order valence-electron chi connectivity index (χ1n) is 12.9. The lowest BCUT2D eigenvalue weighted by atomic mass is 9.62. The quantitative estimate of drug-likeness (QED) is 0.559. The summed E-state index contributed by atoms with van der Waals surface area (Å²) in [4.78, 5) is 43.2. The molecule has 3 aliphatic heterocycles. The summed E-state index contributed by atoms with van der Waals surface area (Å²) in [6.07, 6.45) is 0.467. The molecule has 0 saturated carbocycles. The number of ether oxygens (including phenoxy) is 1. The van der Waals surface area contributed by atoms with Crippen LogP contribution in [0.2, 0.25) is 0 Å². The molecular formula is C29H35N3O5. The van der Waals surface area contributed by atoms with Gasteiger partial charge >= 0.3 is 0 Å². The standard InChI is InChI=1S/C29H35N3O5/c1-16-11-12-17(2)21(13-16)31-26(35)24-29-14-18(3)28(5,37-29)22(23(29)27(36)32(24)19(4)15-33)25(34)30-20-9-7-6-8-10-20/h6-13,18-19,22-24,33H,14-15H2,1-5H3,(H,30,34)(H,31,35)/t18?,19-,22-,23+,24?,28+,29?/m1/s1. The van der Waals surface area contributed by atoms with Crippen LogP contribution < -0.4 is 10.6 Å². The van der Waals surface area contributed by atoms with E-state index in [1.165, 1.54) is 4.90 Å². The summed E-state index contributed by atoms with van der Waals surface area (Å²) < 4.78 is 6.71. The van der Waals surface area contributed by atoms with E-state index in [2.05, 4.69) is 10.6 Å². The number of para-hydroxylation sites is 1. The summed E-state index contributed by atoms with van der Waals surface area (Å²) in [5, 5.41) is 16.0. The fourth-order valence-electron chi connectivity index (χ4n) is 6.75. The number of amides is 3. The Morgan fingerprint density at radius 3 is 2.51 bits per heavy atom. The van der Waals surface area contributed by atoms with E-state index < -0.39 is 35.1 Å². The molecule has 196 valence electrons. The number of carbonyl (C=O) groups excluding carboxylic acids is 3. The topological polar surface area (TPSA) is 108 Å². The van der Waals surface area contributed by atoms with Crippen molar-refractivity contribution in [3.63, 3.8) is 0 Å². The monoisotopic (exact) mass is 505 g/mol. The summed E-state index contributed by atoms with van der Waals surface area (Å²) in [5.41, 5.74) is 1.11. The number of hydrogen-bond donors (Lipinski definition) is 3. The highest BCUT2D eigenvalue weighted by Gasteiger charge is 2.80. The molecule has 2 bridgehead atoms. The van der Waals surface area contributed by atoms with E-state index in [0.29, 0.717) is 17.8 Å². The predicted molar refractivity (Wildman–Crippen MR) is 140 cm³/mol. The molecule has 3 amide bonds. The Labute approximate surface area is 217 Å². The van der Waals surface area contributed by atoms with Crippen LogP contribution in [0.1, 0.15) is 38.3 Å². The van der Waals surface area contributed by atoms with Crippen LogP contribution in [0, 0.1) is 31.6 Å². The van der Waals surface area contributed by atoms with Gasteiger partial charge in [0.2, 0.25) is 17.7 Å². The summed E-state index contributed by atoms with van der Waals surface area (Å²) >= 11 is 0. The molecule has 3 heterocycles. The van der Waals surface area contributed by atoms with E-state index in [-0.39, 0.29) is 30.2 Å². The maximum Gasteiger partial charge on any atom is 0.250 e. The van der Waals surface area contributed by atoms with Gasteiger partial charge < -0.3 is 25.4 Å². The Kier molecular flexibility index (Phi) is 6.15. The van der Waals surface area contributed by atoms with Gasteiger partial charge in [0.1, 0.15) is 11.6 Å². The van der Waals surface area contributed by atoms with E-state index in [1.54, 1.807) is 19.1 Å². The van der Waals surface area contributed by atoms with Crippen molar-refractivity contribution in [1.29, 1.82) is 0 Å². The SMILES string of the molecule is Cc1ccc(C)c(NC(=O)C2N([C@H](C)CO)C(=O)[C@@H]3[C@H](C(=O)Nc4ccccc4)[C@@]4(C)OC23CC4C)c1. The Balaban J connectivity index is 1.56. The molecule has 3 N–H and O–H groups in total. The largest absolute Gasteiger partial charge is 0.394 e. The van der Waals surface area contributed by atoms with Crippen molar-refractivity contribution in [1.82, 2.24) is 4.90 Å². The highest BCUT2D eigenvalue weighted by molar-refractivity contribution is 6.05. The van der Waals surface area contributed by atoms with Crippen LogP contribution in [0.4, 0.5) is 11.4 Å². The summed E-state index contributed by atoms with van der Waals surface area (Å²) in [6, 6.07) is 13.3. The van der Waals surface area contributed by atoms with Gasteiger partial charge in [-0.15, -0.1) is 0 Å².